The van der Waals surface area contributed by atoms with Crippen molar-refractivity contribution in [2.45, 2.75) is 25.4 Å². The molecule has 6 nitrogen and oxygen atoms in total. The highest BCUT2D eigenvalue weighted by Crippen LogP contribution is 2.37. The van der Waals surface area contributed by atoms with Crippen LogP contribution >= 0.6 is 11.6 Å². The average Bonchev–Trinajstić information content (AvgIpc) is 2.77. The third-order valence-corrected chi connectivity index (χ3v) is 4.19. The van der Waals surface area contributed by atoms with Crippen molar-refractivity contribution in [1.29, 1.82) is 0 Å². The monoisotopic (exact) mass is 308 g/mol. The van der Waals surface area contributed by atoms with E-state index in [9.17, 15) is 14.4 Å². The molecule has 3 rings (SSSR count). The van der Waals surface area contributed by atoms with E-state index in [1.165, 1.54) is 12.0 Å². The number of carbonyl (C=O) groups is 3. The average molecular weight is 309 g/mol. The number of piperidine rings is 1. The second kappa shape index (κ2) is 5.04. The summed E-state index contributed by atoms with van der Waals surface area (Å²) in [6.45, 7) is 0.310. The van der Waals surface area contributed by atoms with Crippen LogP contribution in [0.4, 0.5) is 0 Å². The summed E-state index contributed by atoms with van der Waals surface area (Å²) in [5, 5.41) is 2.52. The van der Waals surface area contributed by atoms with Crippen LogP contribution in [0.5, 0.6) is 5.75 Å². The Hall–Kier alpha value is -2.08. The Kier molecular flexibility index (Phi) is 3.33. The number of hydrogen-bond acceptors (Lipinski definition) is 4. The third-order valence-electron chi connectivity index (χ3n) is 3.81. The van der Waals surface area contributed by atoms with Crippen LogP contribution in [-0.4, -0.2) is 35.8 Å². The Bertz CT molecular complexity index is 659. The lowest BCUT2D eigenvalue weighted by molar-refractivity contribution is -0.136. The minimum atomic E-state index is -0.635. The Morgan fingerprint density at radius 2 is 2.10 bits per heavy atom. The molecule has 1 aromatic carbocycles. The zero-order valence-electron chi connectivity index (χ0n) is 11.3. The number of methoxy groups -OCH3 is 1. The molecule has 2 aliphatic heterocycles. The van der Waals surface area contributed by atoms with Gasteiger partial charge in [0.1, 0.15) is 11.8 Å². The molecule has 0 radical (unpaired) electrons. The number of amides is 3. The molecule has 1 aromatic rings. The van der Waals surface area contributed by atoms with Gasteiger partial charge >= 0.3 is 0 Å². The van der Waals surface area contributed by atoms with E-state index < -0.39 is 11.9 Å². The maximum atomic E-state index is 12.5. The van der Waals surface area contributed by atoms with Crippen molar-refractivity contribution in [3.8, 4) is 5.75 Å². The summed E-state index contributed by atoms with van der Waals surface area (Å²) in [6.07, 6.45) is 0.562. The van der Waals surface area contributed by atoms with Gasteiger partial charge in [0.15, 0.2) is 0 Å². The van der Waals surface area contributed by atoms with E-state index in [0.29, 0.717) is 24.3 Å². The molecule has 1 atom stereocenters. The van der Waals surface area contributed by atoms with Gasteiger partial charge in [-0.3, -0.25) is 19.7 Å². The van der Waals surface area contributed by atoms with Gasteiger partial charge in [-0.2, -0.15) is 0 Å². The molecule has 3 amide bonds. The molecular weight excluding hydrogens is 296 g/mol. The van der Waals surface area contributed by atoms with E-state index in [1.807, 2.05) is 0 Å². The predicted octanol–water partition coefficient (Wildman–Crippen LogP) is 1.11. The van der Waals surface area contributed by atoms with Crippen molar-refractivity contribution in [1.82, 2.24) is 10.2 Å². The first kappa shape index (κ1) is 13.9. The van der Waals surface area contributed by atoms with Crippen LogP contribution in [0.3, 0.4) is 0 Å². The largest absolute Gasteiger partial charge is 0.495 e. The van der Waals surface area contributed by atoms with Crippen LogP contribution < -0.4 is 10.1 Å². The van der Waals surface area contributed by atoms with Crippen molar-refractivity contribution in [3.63, 3.8) is 0 Å². The van der Waals surface area contributed by atoms with E-state index in [-0.39, 0.29) is 23.3 Å². The van der Waals surface area contributed by atoms with Gasteiger partial charge in [0.2, 0.25) is 11.8 Å². The number of ether oxygens (including phenoxy) is 1. The Morgan fingerprint density at radius 3 is 2.76 bits per heavy atom. The van der Waals surface area contributed by atoms with Gasteiger partial charge in [0.05, 0.1) is 17.7 Å². The number of imide groups is 1. The molecule has 0 bridgehead atoms. The topological polar surface area (TPSA) is 75.7 Å². The fourth-order valence-electron chi connectivity index (χ4n) is 2.75. The van der Waals surface area contributed by atoms with Gasteiger partial charge < -0.3 is 9.64 Å². The summed E-state index contributed by atoms with van der Waals surface area (Å²) >= 11 is 6.19. The lowest BCUT2D eigenvalue weighted by Gasteiger charge is -2.29. The van der Waals surface area contributed by atoms with E-state index >= 15 is 0 Å². The van der Waals surface area contributed by atoms with Gasteiger partial charge in [-0.15, -0.1) is 0 Å². The zero-order valence-corrected chi connectivity index (χ0v) is 12.1. The number of hydrogen-bond donors (Lipinski definition) is 1. The molecule has 1 N–H and O–H groups in total. The molecule has 7 heteroatoms. The van der Waals surface area contributed by atoms with E-state index in [2.05, 4.69) is 5.32 Å². The zero-order chi connectivity index (χ0) is 15.1. The molecular formula is C14H13ClN2O4. The van der Waals surface area contributed by atoms with E-state index in [4.69, 9.17) is 16.3 Å². The number of rotatable bonds is 2. The van der Waals surface area contributed by atoms with Gasteiger partial charge in [-0.1, -0.05) is 17.7 Å². The SMILES string of the molecule is COc1ccc2c(c1Cl)C(=O)N(C1CCC(=O)NC1=O)C2. The molecule has 110 valence electrons. The molecule has 1 saturated heterocycles. The van der Waals surface area contributed by atoms with E-state index in [1.54, 1.807) is 12.1 Å². The number of halogens is 1. The third kappa shape index (κ3) is 2.15. The first-order chi connectivity index (χ1) is 10.0. The van der Waals surface area contributed by atoms with Crippen LogP contribution in [0.2, 0.25) is 5.02 Å². The highest BCUT2D eigenvalue weighted by Gasteiger charge is 2.40. The van der Waals surface area contributed by atoms with Crippen LogP contribution in [0.25, 0.3) is 0 Å². The minimum absolute atomic E-state index is 0.230. The molecule has 21 heavy (non-hydrogen) atoms. The smallest absolute Gasteiger partial charge is 0.256 e. The van der Waals surface area contributed by atoms with Crippen molar-refractivity contribution < 1.29 is 19.1 Å². The highest BCUT2D eigenvalue weighted by molar-refractivity contribution is 6.35. The molecule has 0 aromatic heterocycles. The van der Waals surface area contributed by atoms with E-state index in [0.717, 1.165) is 5.56 Å². The Morgan fingerprint density at radius 1 is 1.33 bits per heavy atom. The summed E-state index contributed by atoms with van der Waals surface area (Å²) in [5.74, 6) is -0.618. The van der Waals surface area contributed by atoms with Crippen molar-refractivity contribution in [3.05, 3.63) is 28.3 Å². The molecule has 0 spiro atoms. The van der Waals surface area contributed by atoms with Gasteiger partial charge in [0, 0.05) is 13.0 Å². The first-order valence-corrected chi connectivity index (χ1v) is 6.90. The van der Waals surface area contributed by atoms with Gasteiger partial charge in [-0.25, -0.2) is 0 Å². The first-order valence-electron chi connectivity index (χ1n) is 6.53. The van der Waals surface area contributed by atoms with Crippen LogP contribution in [0.15, 0.2) is 12.1 Å². The quantitative estimate of drug-likeness (QED) is 0.830. The highest BCUT2D eigenvalue weighted by atomic mass is 35.5. The molecule has 2 aliphatic rings. The van der Waals surface area contributed by atoms with Crippen molar-refractivity contribution >= 4 is 29.3 Å². The van der Waals surface area contributed by atoms with Crippen LogP contribution in [0, 0.1) is 0 Å². The van der Waals surface area contributed by atoms with Gasteiger partial charge in [0.25, 0.3) is 5.91 Å². The number of nitrogens with one attached hydrogen (secondary N) is 1. The Balaban J connectivity index is 1.92. The minimum Gasteiger partial charge on any atom is -0.495 e. The number of fused-ring (bicyclic) bond motifs is 1. The second-order valence-electron chi connectivity index (χ2n) is 5.02. The molecule has 0 aliphatic carbocycles. The second-order valence-corrected chi connectivity index (χ2v) is 5.39. The maximum Gasteiger partial charge on any atom is 0.256 e. The van der Waals surface area contributed by atoms with Crippen molar-refractivity contribution in [2.24, 2.45) is 0 Å². The standard InChI is InChI=1S/C14H13ClN2O4/c1-21-9-4-2-7-6-17(14(20)11(7)12(9)15)8-3-5-10(18)16-13(8)19/h2,4,8H,3,5-6H2,1H3,(H,16,18,19). The summed E-state index contributed by atoms with van der Waals surface area (Å²) in [7, 11) is 1.48. The lowest BCUT2D eigenvalue weighted by atomic mass is 10.0. The molecule has 2 heterocycles. The molecule has 0 saturated carbocycles. The molecule has 1 unspecified atom stereocenters. The summed E-state index contributed by atoms with van der Waals surface area (Å²) in [4.78, 5) is 37.1. The predicted molar refractivity (Wildman–Crippen MR) is 74.0 cm³/mol. The molecule has 1 fully saturated rings. The number of nitrogens with zero attached hydrogens (tertiary/aromatic N) is 1. The lowest BCUT2D eigenvalue weighted by Crippen LogP contribution is -2.52. The Labute approximate surface area is 126 Å². The fraction of sp³-hybridized carbons (Fsp3) is 0.357. The summed E-state index contributed by atoms with van der Waals surface area (Å²) in [6, 6.07) is 2.83. The summed E-state index contributed by atoms with van der Waals surface area (Å²) in [5.41, 5.74) is 1.14. The summed E-state index contributed by atoms with van der Waals surface area (Å²) < 4.78 is 5.11. The number of carbonyl (C=O) groups excluding carboxylic acids is 3. The van der Waals surface area contributed by atoms with Crippen LogP contribution in [-0.2, 0) is 16.1 Å². The van der Waals surface area contributed by atoms with Crippen LogP contribution in [0.1, 0.15) is 28.8 Å². The maximum absolute atomic E-state index is 12.5. The van der Waals surface area contributed by atoms with Gasteiger partial charge in [-0.05, 0) is 18.1 Å². The number of benzene rings is 1. The van der Waals surface area contributed by atoms with Crippen molar-refractivity contribution in [2.75, 3.05) is 7.11 Å². The fourth-order valence-corrected chi connectivity index (χ4v) is 3.09. The normalized spacial score (nSPS) is 21.3.